The Labute approximate surface area is 158 Å². The van der Waals surface area contributed by atoms with Crippen LogP contribution in [0.5, 0.6) is 5.75 Å². The highest BCUT2D eigenvalue weighted by molar-refractivity contribution is 5.84. The maximum atomic E-state index is 13.7. The molecule has 0 heterocycles. The van der Waals surface area contributed by atoms with Crippen LogP contribution in [0.4, 0.5) is 4.39 Å². The molecule has 7 heteroatoms. The van der Waals surface area contributed by atoms with Gasteiger partial charge in [-0.05, 0) is 37.5 Å². The SMILES string of the molecule is COc1ccc(CC(=O)O[C@H](C)C(=O)N(C)C2(C#N)CCCCC2)cc1F. The third-order valence-corrected chi connectivity index (χ3v) is 5.08. The third kappa shape index (κ3) is 4.76. The zero-order chi connectivity index (χ0) is 20.0. The van der Waals surface area contributed by atoms with Gasteiger partial charge in [0.1, 0.15) is 5.54 Å². The Kier molecular flexibility index (Phi) is 6.78. The highest BCUT2D eigenvalue weighted by Crippen LogP contribution is 2.33. The molecule has 0 unspecified atom stereocenters. The van der Waals surface area contributed by atoms with Crippen LogP contribution in [0, 0.1) is 17.1 Å². The largest absolute Gasteiger partial charge is 0.494 e. The van der Waals surface area contributed by atoms with Crippen molar-refractivity contribution in [3.63, 3.8) is 0 Å². The van der Waals surface area contributed by atoms with Crippen molar-refractivity contribution in [3.8, 4) is 11.8 Å². The average molecular weight is 376 g/mol. The van der Waals surface area contributed by atoms with Gasteiger partial charge in [0.05, 0.1) is 19.6 Å². The maximum absolute atomic E-state index is 13.7. The van der Waals surface area contributed by atoms with E-state index in [4.69, 9.17) is 9.47 Å². The number of esters is 1. The molecule has 1 aromatic carbocycles. The fourth-order valence-corrected chi connectivity index (χ4v) is 3.42. The van der Waals surface area contributed by atoms with Crippen molar-refractivity contribution in [2.24, 2.45) is 0 Å². The van der Waals surface area contributed by atoms with E-state index in [0.717, 1.165) is 19.3 Å². The predicted octanol–water partition coefficient (Wildman–Crippen LogP) is 2.99. The Hall–Kier alpha value is -2.62. The number of rotatable bonds is 6. The highest BCUT2D eigenvalue weighted by atomic mass is 19.1. The second kappa shape index (κ2) is 8.85. The molecule has 1 atom stereocenters. The molecular weight excluding hydrogens is 351 g/mol. The van der Waals surface area contributed by atoms with Crippen LogP contribution in [-0.4, -0.2) is 42.6 Å². The van der Waals surface area contributed by atoms with E-state index in [1.54, 1.807) is 13.1 Å². The van der Waals surface area contributed by atoms with Crippen molar-refractivity contribution in [3.05, 3.63) is 29.6 Å². The minimum Gasteiger partial charge on any atom is -0.494 e. The minimum atomic E-state index is -1.02. The van der Waals surface area contributed by atoms with Crippen molar-refractivity contribution in [1.29, 1.82) is 5.26 Å². The second-order valence-corrected chi connectivity index (χ2v) is 6.88. The number of carbonyl (C=O) groups excluding carboxylic acids is 2. The lowest BCUT2D eigenvalue weighted by atomic mass is 9.81. The zero-order valence-corrected chi connectivity index (χ0v) is 16.0. The molecule has 1 amide bonds. The standard InChI is InChI=1S/C20H25FN2O4/c1-14(19(25)23(2)20(13-22)9-5-4-6-10-20)27-18(24)12-15-7-8-17(26-3)16(21)11-15/h7-8,11,14H,4-6,9-10,12H2,1-3H3/t14-/m1/s1. The molecule has 0 spiro atoms. The summed E-state index contributed by atoms with van der Waals surface area (Å²) >= 11 is 0. The van der Waals surface area contributed by atoms with Gasteiger partial charge in [-0.1, -0.05) is 25.3 Å². The lowest BCUT2D eigenvalue weighted by Crippen LogP contribution is -2.53. The van der Waals surface area contributed by atoms with Gasteiger partial charge < -0.3 is 14.4 Å². The van der Waals surface area contributed by atoms with Gasteiger partial charge in [0.15, 0.2) is 17.7 Å². The number of nitrogens with zero attached hydrogens (tertiary/aromatic N) is 2. The molecule has 0 bridgehead atoms. The molecule has 1 fully saturated rings. The number of amides is 1. The van der Waals surface area contributed by atoms with Crippen LogP contribution in [0.25, 0.3) is 0 Å². The topological polar surface area (TPSA) is 79.6 Å². The van der Waals surface area contributed by atoms with Crippen LogP contribution in [-0.2, 0) is 20.7 Å². The Morgan fingerprint density at radius 2 is 2.00 bits per heavy atom. The summed E-state index contributed by atoms with van der Waals surface area (Å²) in [5.74, 6) is -1.53. The molecule has 0 radical (unpaired) electrons. The molecule has 0 saturated heterocycles. The van der Waals surface area contributed by atoms with E-state index < -0.39 is 29.3 Å². The van der Waals surface area contributed by atoms with E-state index in [2.05, 4.69) is 6.07 Å². The van der Waals surface area contributed by atoms with Crippen molar-refractivity contribution in [2.75, 3.05) is 14.2 Å². The summed E-state index contributed by atoms with van der Waals surface area (Å²) in [5.41, 5.74) is -0.415. The molecule has 0 N–H and O–H groups in total. The van der Waals surface area contributed by atoms with Crippen LogP contribution in [0.15, 0.2) is 18.2 Å². The molecule has 1 saturated carbocycles. The van der Waals surface area contributed by atoms with Crippen molar-refractivity contribution < 1.29 is 23.5 Å². The van der Waals surface area contributed by atoms with Crippen LogP contribution < -0.4 is 4.74 Å². The molecule has 1 aliphatic carbocycles. The summed E-state index contributed by atoms with van der Waals surface area (Å²) in [4.78, 5) is 26.2. The zero-order valence-electron chi connectivity index (χ0n) is 16.0. The first-order chi connectivity index (χ1) is 12.8. The van der Waals surface area contributed by atoms with Crippen LogP contribution in [0.2, 0.25) is 0 Å². The number of benzene rings is 1. The Morgan fingerprint density at radius 3 is 2.56 bits per heavy atom. The number of methoxy groups -OCH3 is 1. The third-order valence-electron chi connectivity index (χ3n) is 5.08. The average Bonchev–Trinajstić information content (AvgIpc) is 2.67. The van der Waals surface area contributed by atoms with E-state index in [0.29, 0.717) is 18.4 Å². The summed E-state index contributed by atoms with van der Waals surface area (Å²) in [7, 11) is 2.94. The molecule has 1 aliphatic rings. The van der Waals surface area contributed by atoms with Gasteiger partial charge in [0.25, 0.3) is 5.91 Å². The number of ether oxygens (including phenoxy) is 2. The van der Waals surface area contributed by atoms with E-state index in [1.807, 2.05) is 0 Å². The van der Waals surface area contributed by atoms with Crippen LogP contribution in [0.3, 0.4) is 0 Å². The molecular formula is C20H25FN2O4. The number of likely N-dealkylation sites (N-methyl/N-ethyl adjacent to an activating group) is 1. The van der Waals surface area contributed by atoms with Gasteiger partial charge in [0.2, 0.25) is 0 Å². The molecule has 0 aromatic heterocycles. The first-order valence-electron chi connectivity index (χ1n) is 9.04. The molecule has 1 aromatic rings. The smallest absolute Gasteiger partial charge is 0.311 e. The number of hydrogen-bond donors (Lipinski definition) is 0. The van der Waals surface area contributed by atoms with Gasteiger partial charge in [-0.25, -0.2) is 4.39 Å². The number of hydrogen-bond acceptors (Lipinski definition) is 5. The fraction of sp³-hybridized carbons (Fsp3) is 0.550. The summed E-state index contributed by atoms with van der Waals surface area (Å²) in [6.07, 6.45) is 2.90. The van der Waals surface area contributed by atoms with Crippen LogP contribution in [0.1, 0.15) is 44.6 Å². The van der Waals surface area contributed by atoms with Crippen molar-refractivity contribution in [1.82, 2.24) is 4.90 Å². The monoisotopic (exact) mass is 376 g/mol. The number of halogens is 1. The normalized spacial score (nSPS) is 16.7. The predicted molar refractivity (Wildman–Crippen MR) is 96.4 cm³/mol. The van der Waals surface area contributed by atoms with E-state index in [1.165, 1.54) is 31.1 Å². The lowest BCUT2D eigenvalue weighted by molar-refractivity contribution is -0.160. The molecule has 6 nitrogen and oxygen atoms in total. The summed E-state index contributed by atoms with van der Waals surface area (Å²) in [5, 5.41) is 9.59. The first kappa shape index (κ1) is 20.7. The van der Waals surface area contributed by atoms with Gasteiger partial charge in [-0.2, -0.15) is 5.26 Å². The van der Waals surface area contributed by atoms with Gasteiger partial charge in [0, 0.05) is 7.05 Å². The Morgan fingerprint density at radius 1 is 1.33 bits per heavy atom. The van der Waals surface area contributed by atoms with Gasteiger partial charge in [-0.15, -0.1) is 0 Å². The fourth-order valence-electron chi connectivity index (χ4n) is 3.42. The quantitative estimate of drug-likeness (QED) is 0.713. The second-order valence-electron chi connectivity index (χ2n) is 6.88. The minimum absolute atomic E-state index is 0.0894. The maximum Gasteiger partial charge on any atom is 0.311 e. The van der Waals surface area contributed by atoms with E-state index in [9.17, 15) is 19.2 Å². The van der Waals surface area contributed by atoms with E-state index in [-0.39, 0.29) is 12.2 Å². The summed E-state index contributed by atoms with van der Waals surface area (Å²) < 4.78 is 23.8. The number of nitriles is 1. The highest BCUT2D eigenvalue weighted by Gasteiger charge is 2.40. The Balaban J connectivity index is 1.97. The number of carbonyl (C=O) groups is 2. The molecule has 0 aliphatic heterocycles. The van der Waals surface area contributed by atoms with Gasteiger partial charge in [-0.3, -0.25) is 9.59 Å². The molecule has 27 heavy (non-hydrogen) atoms. The summed E-state index contributed by atoms with van der Waals surface area (Å²) in [6, 6.07) is 6.47. The summed E-state index contributed by atoms with van der Waals surface area (Å²) in [6.45, 7) is 1.49. The van der Waals surface area contributed by atoms with Gasteiger partial charge >= 0.3 is 5.97 Å². The Bertz CT molecular complexity index is 738. The van der Waals surface area contributed by atoms with Crippen molar-refractivity contribution >= 4 is 11.9 Å². The molecule has 2 rings (SSSR count). The van der Waals surface area contributed by atoms with E-state index >= 15 is 0 Å². The van der Waals surface area contributed by atoms with Crippen molar-refractivity contribution in [2.45, 2.75) is 57.1 Å². The lowest BCUT2D eigenvalue weighted by Gasteiger charge is -2.39. The first-order valence-corrected chi connectivity index (χ1v) is 9.04. The van der Waals surface area contributed by atoms with Crippen LogP contribution >= 0.6 is 0 Å². The molecule has 146 valence electrons.